The van der Waals surface area contributed by atoms with Gasteiger partial charge in [-0.15, -0.1) is 11.3 Å². The molecule has 6 nitrogen and oxygen atoms in total. The number of carbonyl (C=O) groups is 2. The highest BCUT2D eigenvalue weighted by Gasteiger charge is 2.27. The molecule has 2 amide bonds. The van der Waals surface area contributed by atoms with E-state index in [1.807, 2.05) is 36.5 Å². The van der Waals surface area contributed by atoms with Crippen molar-refractivity contribution in [3.05, 3.63) is 88.4 Å². The second kappa shape index (κ2) is 14.2. The van der Waals surface area contributed by atoms with Gasteiger partial charge in [0.15, 0.2) is 5.78 Å². The van der Waals surface area contributed by atoms with Crippen LogP contribution in [0.2, 0.25) is 4.34 Å². The van der Waals surface area contributed by atoms with Gasteiger partial charge in [0.25, 0.3) is 0 Å². The lowest BCUT2D eigenvalue weighted by Crippen LogP contribution is -2.36. The Hall–Kier alpha value is -3.65. The van der Waals surface area contributed by atoms with Gasteiger partial charge in [-0.2, -0.15) is 0 Å². The number of nitrogens with zero attached hydrogens (tertiary/aromatic N) is 1. The summed E-state index contributed by atoms with van der Waals surface area (Å²) in [5.74, 6) is 0.636. The predicted molar refractivity (Wildman–Crippen MR) is 189 cm³/mol. The first kappa shape index (κ1) is 31.3. The molecule has 3 aromatic carbocycles. The lowest BCUT2D eigenvalue weighted by atomic mass is 9.80. The second-order valence-corrected chi connectivity index (χ2v) is 14.0. The molecule has 1 fully saturated rings. The van der Waals surface area contributed by atoms with Gasteiger partial charge in [-0.1, -0.05) is 54.4 Å². The number of Topliss-reactive ketones (excluding diaryl/α,β-unsaturated/α-hetero) is 1. The molecule has 6 rings (SSSR count). The van der Waals surface area contributed by atoms with Crippen molar-refractivity contribution >= 4 is 61.4 Å². The van der Waals surface area contributed by atoms with E-state index < -0.39 is 0 Å². The number of H-pyrrole nitrogens is 1. The minimum atomic E-state index is -0.386. The first-order valence-electron chi connectivity index (χ1n) is 16.0. The van der Waals surface area contributed by atoms with E-state index >= 15 is 0 Å². The summed E-state index contributed by atoms with van der Waals surface area (Å²) in [7, 11) is 2.23. The molecule has 5 aromatic rings. The van der Waals surface area contributed by atoms with Crippen molar-refractivity contribution in [3.63, 3.8) is 0 Å². The SMILES string of the molecule is Cc1ccccc1-c1c(Cl)sc2ccc(NC(=O)NCC(=O)CCCCN(C)C3CCCC(c4cccc5[nH]ccc45)C3)cc12. The number of unbranched alkanes of at least 4 members (excludes halogenated alkanes) is 1. The van der Waals surface area contributed by atoms with Crippen LogP contribution in [0.25, 0.3) is 32.1 Å². The average Bonchev–Trinajstić information content (AvgIpc) is 3.66. The number of fused-ring (bicyclic) bond motifs is 2. The maximum atomic E-state index is 12.6. The van der Waals surface area contributed by atoms with Crippen LogP contribution in [0.15, 0.2) is 72.9 Å². The molecule has 3 N–H and O–H groups in total. The molecule has 8 heteroatoms. The molecule has 2 atom stereocenters. The number of carbonyl (C=O) groups excluding carboxylic acids is 2. The van der Waals surface area contributed by atoms with Crippen molar-refractivity contribution in [2.75, 3.05) is 25.5 Å². The highest BCUT2D eigenvalue weighted by atomic mass is 35.5. The fourth-order valence-electron chi connectivity index (χ4n) is 6.87. The summed E-state index contributed by atoms with van der Waals surface area (Å²) in [5.41, 5.74) is 6.56. The van der Waals surface area contributed by atoms with E-state index in [9.17, 15) is 9.59 Å². The van der Waals surface area contributed by atoms with Crippen molar-refractivity contribution in [1.29, 1.82) is 0 Å². The molecule has 1 aliphatic carbocycles. The molecule has 45 heavy (non-hydrogen) atoms. The largest absolute Gasteiger partial charge is 0.361 e. The molecular formula is C37H41ClN4O2S. The number of benzene rings is 3. The summed E-state index contributed by atoms with van der Waals surface area (Å²) in [6, 6.07) is 22.9. The monoisotopic (exact) mass is 640 g/mol. The van der Waals surface area contributed by atoms with Crippen molar-refractivity contribution in [2.24, 2.45) is 0 Å². The third-order valence-corrected chi connectivity index (χ3v) is 10.7. The normalized spacial score (nSPS) is 16.8. The van der Waals surface area contributed by atoms with Crippen LogP contribution in [0.5, 0.6) is 0 Å². The van der Waals surface area contributed by atoms with E-state index in [4.69, 9.17) is 11.6 Å². The van der Waals surface area contributed by atoms with Crippen LogP contribution < -0.4 is 10.6 Å². The van der Waals surface area contributed by atoms with Crippen LogP contribution in [0.3, 0.4) is 0 Å². The number of thiophene rings is 1. The molecule has 2 aromatic heterocycles. The van der Waals surface area contributed by atoms with Crippen LogP contribution in [0.4, 0.5) is 10.5 Å². The molecule has 2 unspecified atom stereocenters. The van der Waals surface area contributed by atoms with Gasteiger partial charge in [-0.05, 0) is 106 Å². The highest BCUT2D eigenvalue weighted by molar-refractivity contribution is 7.23. The number of aryl methyl sites for hydroxylation is 1. The molecule has 0 radical (unpaired) electrons. The highest BCUT2D eigenvalue weighted by Crippen LogP contribution is 2.44. The van der Waals surface area contributed by atoms with Gasteiger partial charge in [-0.3, -0.25) is 4.79 Å². The third-order valence-electron chi connectivity index (χ3n) is 9.32. The van der Waals surface area contributed by atoms with Gasteiger partial charge in [0.1, 0.15) is 4.34 Å². The van der Waals surface area contributed by atoms with Crippen LogP contribution in [0.1, 0.15) is 62.0 Å². The Kier molecular flexibility index (Phi) is 9.88. The molecule has 1 saturated carbocycles. The molecule has 2 heterocycles. The summed E-state index contributed by atoms with van der Waals surface area (Å²) in [4.78, 5) is 31.0. The van der Waals surface area contributed by atoms with E-state index in [0.717, 1.165) is 50.5 Å². The summed E-state index contributed by atoms with van der Waals surface area (Å²) < 4.78 is 1.79. The summed E-state index contributed by atoms with van der Waals surface area (Å²) in [6.07, 6.45) is 9.19. The van der Waals surface area contributed by atoms with Crippen molar-refractivity contribution in [2.45, 2.75) is 63.8 Å². The smallest absolute Gasteiger partial charge is 0.319 e. The van der Waals surface area contributed by atoms with Gasteiger partial charge in [0, 0.05) is 50.9 Å². The Bertz CT molecular complexity index is 1810. The van der Waals surface area contributed by atoms with Crippen LogP contribution >= 0.6 is 22.9 Å². The number of nitrogens with one attached hydrogen (secondary N) is 3. The van der Waals surface area contributed by atoms with Gasteiger partial charge in [-0.25, -0.2) is 4.79 Å². The van der Waals surface area contributed by atoms with E-state index in [1.54, 1.807) is 0 Å². The summed E-state index contributed by atoms with van der Waals surface area (Å²) in [5, 5.41) is 7.98. The lowest BCUT2D eigenvalue weighted by Gasteiger charge is -2.36. The number of halogens is 1. The maximum Gasteiger partial charge on any atom is 0.319 e. The average molecular weight is 641 g/mol. The fourth-order valence-corrected chi connectivity index (χ4v) is 8.25. The van der Waals surface area contributed by atoms with E-state index in [1.165, 1.54) is 53.5 Å². The molecule has 234 valence electrons. The van der Waals surface area contributed by atoms with Gasteiger partial charge < -0.3 is 20.5 Å². The van der Waals surface area contributed by atoms with Crippen molar-refractivity contribution in [1.82, 2.24) is 15.2 Å². The zero-order valence-electron chi connectivity index (χ0n) is 26.0. The topological polar surface area (TPSA) is 77.2 Å². The fraction of sp³-hybridized carbons (Fsp3) is 0.351. The van der Waals surface area contributed by atoms with E-state index in [0.29, 0.717) is 24.1 Å². The Labute approximate surface area is 274 Å². The predicted octanol–water partition coefficient (Wildman–Crippen LogP) is 9.53. The molecular weight excluding hydrogens is 600 g/mol. The molecule has 0 bridgehead atoms. The number of hydrogen-bond donors (Lipinski definition) is 3. The van der Waals surface area contributed by atoms with E-state index in [-0.39, 0.29) is 18.4 Å². The molecule has 0 saturated heterocycles. The zero-order chi connectivity index (χ0) is 31.3. The number of amides is 2. The summed E-state index contributed by atoms with van der Waals surface area (Å²) >= 11 is 8.18. The van der Waals surface area contributed by atoms with Crippen LogP contribution in [0, 0.1) is 6.92 Å². The van der Waals surface area contributed by atoms with E-state index in [2.05, 4.69) is 70.9 Å². The Morgan fingerprint density at radius 3 is 2.76 bits per heavy atom. The maximum absolute atomic E-state index is 12.6. The molecule has 0 spiro atoms. The Morgan fingerprint density at radius 1 is 1.02 bits per heavy atom. The number of aromatic nitrogens is 1. The first-order chi connectivity index (χ1) is 21.9. The van der Waals surface area contributed by atoms with Gasteiger partial charge in [0.05, 0.1) is 6.54 Å². The number of aromatic amines is 1. The quantitative estimate of drug-likeness (QED) is 0.126. The molecule has 1 aliphatic rings. The number of ketones is 1. The number of urea groups is 1. The molecule has 0 aliphatic heterocycles. The number of anilines is 1. The minimum Gasteiger partial charge on any atom is -0.361 e. The summed E-state index contributed by atoms with van der Waals surface area (Å²) in [6.45, 7) is 3.07. The lowest BCUT2D eigenvalue weighted by molar-refractivity contribution is -0.118. The van der Waals surface area contributed by atoms with Crippen molar-refractivity contribution < 1.29 is 9.59 Å². The number of rotatable bonds is 11. The van der Waals surface area contributed by atoms with Crippen molar-refractivity contribution in [3.8, 4) is 11.1 Å². The minimum absolute atomic E-state index is 0.0255. The van der Waals surface area contributed by atoms with Crippen LogP contribution in [-0.4, -0.2) is 47.9 Å². The Balaban J connectivity index is 0.938. The van der Waals surface area contributed by atoms with Crippen LogP contribution in [-0.2, 0) is 4.79 Å². The third kappa shape index (κ3) is 7.27. The zero-order valence-corrected chi connectivity index (χ0v) is 27.6. The second-order valence-electron chi connectivity index (χ2n) is 12.4. The first-order valence-corrected chi connectivity index (χ1v) is 17.2. The Morgan fingerprint density at radius 2 is 1.89 bits per heavy atom. The standard InChI is InChI=1S/C37H41ClN4O2S/c1-24-9-3-4-13-29(24)35-32-22-26(16-17-34(32)45-36(35)38)41-37(44)40-23-28(43)12-5-6-20-42(2)27-11-7-10-25(21-27)30-14-8-15-33-31(30)18-19-39-33/h3-4,8-9,13-19,22,25,27,39H,5-7,10-12,20-21,23H2,1-2H3,(H2,40,41,44). The number of hydrogen-bond acceptors (Lipinski definition) is 4. The van der Waals surface area contributed by atoms with Gasteiger partial charge >= 0.3 is 6.03 Å². The van der Waals surface area contributed by atoms with Gasteiger partial charge in [0.2, 0.25) is 0 Å².